The highest BCUT2D eigenvalue weighted by atomic mass is 19.1. The molecular formula is C22H26FN3O4. The molecular weight excluding hydrogens is 389 g/mol. The number of nitrogens with one attached hydrogen (secondary N) is 1. The molecule has 3 aliphatic rings. The van der Waals surface area contributed by atoms with Crippen LogP contribution in [-0.4, -0.2) is 48.9 Å². The van der Waals surface area contributed by atoms with Crippen molar-refractivity contribution < 1.29 is 19.0 Å². The average molecular weight is 415 g/mol. The van der Waals surface area contributed by atoms with Crippen LogP contribution in [0.3, 0.4) is 0 Å². The summed E-state index contributed by atoms with van der Waals surface area (Å²) in [5.41, 5.74) is 0.230. The number of carboxylic acid groups (broad SMARTS) is 1. The van der Waals surface area contributed by atoms with Gasteiger partial charge in [0.1, 0.15) is 11.3 Å². The summed E-state index contributed by atoms with van der Waals surface area (Å²) in [6.45, 7) is 2.95. The van der Waals surface area contributed by atoms with Gasteiger partial charge in [-0.2, -0.15) is 0 Å². The third-order valence-electron chi connectivity index (χ3n) is 7.16. The number of halogens is 1. The van der Waals surface area contributed by atoms with E-state index in [1.807, 2.05) is 16.5 Å². The van der Waals surface area contributed by atoms with E-state index in [1.54, 1.807) is 6.92 Å². The van der Waals surface area contributed by atoms with Gasteiger partial charge in [0.25, 0.3) is 0 Å². The number of hydrogen-bond acceptors (Lipinski definition) is 5. The van der Waals surface area contributed by atoms with Crippen molar-refractivity contribution in [1.82, 2.24) is 9.88 Å². The summed E-state index contributed by atoms with van der Waals surface area (Å²) in [6, 6.07) is 0.369. The first kappa shape index (κ1) is 19.4. The van der Waals surface area contributed by atoms with Gasteiger partial charge >= 0.3 is 5.97 Å². The van der Waals surface area contributed by atoms with Crippen molar-refractivity contribution in [3.8, 4) is 5.75 Å². The first-order chi connectivity index (χ1) is 14.3. The second-order valence-electron chi connectivity index (χ2n) is 8.94. The van der Waals surface area contributed by atoms with Gasteiger partial charge < -0.3 is 24.6 Å². The largest absolute Gasteiger partial charge is 0.492 e. The van der Waals surface area contributed by atoms with E-state index in [1.165, 1.54) is 13.3 Å². The van der Waals surface area contributed by atoms with E-state index in [-0.39, 0.29) is 34.0 Å². The molecule has 1 aromatic heterocycles. The van der Waals surface area contributed by atoms with E-state index in [2.05, 4.69) is 5.32 Å². The Morgan fingerprint density at radius 3 is 2.57 bits per heavy atom. The van der Waals surface area contributed by atoms with Gasteiger partial charge in [-0.05, 0) is 39.7 Å². The number of likely N-dealkylation sites (N-methyl/N-ethyl adjacent to an activating group) is 1. The van der Waals surface area contributed by atoms with E-state index in [0.29, 0.717) is 23.5 Å². The third-order valence-corrected chi connectivity index (χ3v) is 7.16. The Morgan fingerprint density at radius 1 is 1.37 bits per heavy atom. The summed E-state index contributed by atoms with van der Waals surface area (Å²) < 4.78 is 23.3. The Kier molecular flexibility index (Phi) is 4.16. The molecule has 8 heteroatoms. The molecule has 2 N–H and O–H groups in total. The highest BCUT2D eigenvalue weighted by molar-refractivity contribution is 5.99. The van der Waals surface area contributed by atoms with Crippen LogP contribution in [0.5, 0.6) is 5.75 Å². The molecule has 0 bridgehead atoms. The van der Waals surface area contributed by atoms with Crippen LogP contribution in [0.2, 0.25) is 0 Å². The minimum Gasteiger partial charge on any atom is -0.492 e. The lowest BCUT2D eigenvalue weighted by molar-refractivity contribution is 0.0695. The summed E-state index contributed by atoms with van der Waals surface area (Å²) >= 11 is 0. The molecule has 2 heterocycles. The average Bonchev–Trinajstić information content (AvgIpc) is 3.62. The Labute approximate surface area is 173 Å². The molecule has 1 aliphatic heterocycles. The minimum atomic E-state index is -1.30. The predicted octanol–water partition coefficient (Wildman–Crippen LogP) is 2.68. The summed E-state index contributed by atoms with van der Waals surface area (Å²) in [5, 5.41) is 13.0. The fourth-order valence-corrected chi connectivity index (χ4v) is 5.18. The number of fused-ring (bicyclic) bond motifs is 1. The van der Waals surface area contributed by atoms with E-state index in [4.69, 9.17) is 4.74 Å². The maximum absolute atomic E-state index is 15.8. The molecule has 160 valence electrons. The van der Waals surface area contributed by atoms with E-state index in [9.17, 15) is 14.7 Å². The molecule has 30 heavy (non-hydrogen) atoms. The quantitative estimate of drug-likeness (QED) is 0.781. The topological polar surface area (TPSA) is 83.8 Å². The van der Waals surface area contributed by atoms with Crippen LogP contribution in [0.25, 0.3) is 10.9 Å². The number of rotatable bonds is 5. The number of carbonyl (C=O) groups is 1. The molecule has 1 saturated heterocycles. The molecule has 2 aromatic rings. The van der Waals surface area contributed by atoms with Gasteiger partial charge in [-0.1, -0.05) is 0 Å². The monoisotopic (exact) mass is 415 g/mol. The molecule has 2 aliphatic carbocycles. The summed E-state index contributed by atoms with van der Waals surface area (Å²) in [5.74, 6) is -1.48. The number of aromatic carboxylic acids is 1. The zero-order valence-electron chi connectivity index (χ0n) is 17.4. The number of pyridine rings is 1. The smallest absolute Gasteiger partial charge is 0.341 e. The lowest BCUT2D eigenvalue weighted by Gasteiger charge is -2.26. The second kappa shape index (κ2) is 6.44. The zero-order valence-corrected chi connectivity index (χ0v) is 17.4. The van der Waals surface area contributed by atoms with Gasteiger partial charge in [-0.15, -0.1) is 0 Å². The van der Waals surface area contributed by atoms with Crippen molar-refractivity contribution in [2.24, 2.45) is 5.41 Å². The van der Waals surface area contributed by atoms with Crippen molar-refractivity contribution in [1.29, 1.82) is 0 Å². The van der Waals surface area contributed by atoms with E-state index < -0.39 is 17.2 Å². The van der Waals surface area contributed by atoms with E-state index >= 15 is 4.39 Å². The van der Waals surface area contributed by atoms with Gasteiger partial charge in [-0.25, -0.2) is 9.18 Å². The Balaban J connectivity index is 1.81. The second-order valence-corrected chi connectivity index (χ2v) is 8.94. The summed E-state index contributed by atoms with van der Waals surface area (Å²) in [7, 11) is 3.42. The normalized spacial score (nSPS) is 22.1. The molecule has 1 atom stereocenters. The maximum atomic E-state index is 15.8. The molecule has 0 radical (unpaired) electrons. The highest BCUT2D eigenvalue weighted by Gasteiger charge is 2.55. The number of ether oxygens (including phenoxy) is 1. The van der Waals surface area contributed by atoms with Crippen molar-refractivity contribution in [2.75, 3.05) is 32.1 Å². The van der Waals surface area contributed by atoms with Gasteiger partial charge in [0.15, 0.2) is 11.6 Å². The Hall–Kier alpha value is -2.61. The number of carboxylic acids is 1. The molecule has 1 spiro atoms. The van der Waals surface area contributed by atoms with Crippen LogP contribution in [0, 0.1) is 18.2 Å². The van der Waals surface area contributed by atoms with Crippen LogP contribution >= 0.6 is 0 Å². The fourth-order valence-electron chi connectivity index (χ4n) is 5.18. The lowest BCUT2D eigenvalue weighted by Crippen LogP contribution is -2.34. The number of methoxy groups -OCH3 is 1. The van der Waals surface area contributed by atoms with Gasteiger partial charge in [0, 0.05) is 42.3 Å². The Bertz CT molecular complexity index is 1130. The molecule has 1 aromatic carbocycles. The van der Waals surface area contributed by atoms with Crippen LogP contribution in [0.15, 0.2) is 11.0 Å². The number of aryl methyl sites for hydroxylation is 1. The standard InChI is InChI=1S/C22H26FN3O4/c1-11-15-17(26(12-4-5-12)8-13(19(15)27)21(28)29)20(30-3)18(16(11)23)25-9-14(24-2)22(10-25)6-7-22/h8,12,14,24H,4-7,9-10H2,1-3H3,(H,28,29)/t14-/m1/s1. The van der Waals surface area contributed by atoms with Gasteiger partial charge in [0.05, 0.1) is 18.0 Å². The molecule has 2 saturated carbocycles. The van der Waals surface area contributed by atoms with Crippen LogP contribution in [0.4, 0.5) is 10.1 Å². The Morgan fingerprint density at radius 2 is 2.07 bits per heavy atom. The van der Waals surface area contributed by atoms with Crippen LogP contribution in [0.1, 0.15) is 47.6 Å². The minimum absolute atomic E-state index is 0.0937. The fraction of sp³-hybridized carbons (Fsp3) is 0.545. The molecule has 5 rings (SSSR count). The first-order valence-corrected chi connectivity index (χ1v) is 10.4. The van der Waals surface area contributed by atoms with Crippen molar-refractivity contribution in [3.63, 3.8) is 0 Å². The molecule has 3 fully saturated rings. The molecule has 0 amide bonds. The number of nitrogens with zero attached hydrogens (tertiary/aromatic N) is 2. The predicted molar refractivity (Wildman–Crippen MR) is 111 cm³/mol. The number of hydrogen-bond donors (Lipinski definition) is 2. The third kappa shape index (κ3) is 2.59. The molecule has 7 nitrogen and oxygen atoms in total. The highest BCUT2D eigenvalue weighted by Crippen LogP contribution is 2.55. The van der Waals surface area contributed by atoms with Crippen LogP contribution < -0.4 is 20.4 Å². The van der Waals surface area contributed by atoms with E-state index in [0.717, 1.165) is 32.2 Å². The first-order valence-electron chi connectivity index (χ1n) is 10.4. The van der Waals surface area contributed by atoms with Gasteiger partial charge in [-0.3, -0.25) is 4.79 Å². The number of aromatic nitrogens is 1. The maximum Gasteiger partial charge on any atom is 0.341 e. The number of benzene rings is 1. The zero-order chi connectivity index (χ0) is 21.4. The molecule has 0 unspecified atom stereocenters. The lowest BCUT2D eigenvalue weighted by atomic mass is 10.0. The summed E-state index contributed by atoms with van der Waals surface area (Å²) in [4.78, 5) is 26.7. The van der Waals surface area contributed by atoms with Crippen molar-refractivity contribution >= 4 is 22.6 Å². The SMILES string of the molecule is CN[C@@H]1CN(c2c(F)c(C)c3c(=O)c(C(=O)O)cn(C4CC4)c3c2OC)CC12CC2. The number of anilines is 1. The van der Waals surface area contributed by atoms with Crippen molar-refractivity contribution in [2.45, 2.75) is 44.7 Å². The summed E-state index contributed by atoms with van der Waals surface area (Å²) in [6.07, 6.45) is 5.40. The van der Waals surface area contributed by atoms with Crippen molar-refractivity contribution in [3.05, 3.63) is 33.4 Å². The van der Waals surface area contributed by atoms with Crippen LogP contribution in [-0.2, 0) is 0 Å². The van der Waals surface area contributed by atoms with Gasteiger partial charge in [0.2, 0.25) is 5.43 Å².